The molecule has 0 aliphatic carbocycles. The molecule has 0 spiro atoms. The monoisotopic (exact) mass is 263 g/mol. The topological polar surface area (TPSA) is 59.2 Å². The summed E-state index contributed by atoms with van der Waals surface area (Å²) in [7, 11) is 0. The third kappa shape index (κ3) is 4.63. The summed E-state index contributed by atoms with van der Waals surface area (Å²) in [6.45, 7) is 9.40. The maximum absolute atomic E-state index is 12.6. The van der Waals surface area contributed by atoms with E-state index in [1.807, 2.05) is 19.1 Å². The minimum absolute atomic E-state index is 0.0946. The van der Waals surface area contributed by atoms with Crippen molar-refractivity contribution >= 4 is 11.6 Å². The van der Waals surface area contributed by atoms with Gasteiger partial charge in [0.15, 0.2) is 0 Å². The lowest BCUT2D eigenvalue weighted by molar-refractivity contribution is -0.122. The SMILES string of the molecule is CCN(C(=O)C(CN)CC(C)(C)C)c1ccncc1. The Kier molecular flexibility index (Phi) is 5.48. The quantitative estimate of drug-likeness (QED) is 0.887. The number of anilines is 1. The Morgan fingerprint density at radius 2 is 1.95 bits per heavy atom. The van der Waals surface area contributed by atoms with E-state index in [0.29, 0.717) is 13.1 Å². The van der Waals surface area contributed by atoms with Crippen LogP contribution in [-0.4, -0.2) is 24.0 Å². The molecule has 4 nitrogen and oxygen atoms in total. The minimum Gasteiger partial charge on any atom is -0.330 e. The average Bonchev–Trinajstić information content (AvgIpc) is 2.37. The first-order valence-electron chi connectivity index (χ1n) is 6.80. The molecular formula is C15H25N3O. The number of carbonyl (C=O) groups is 1. The van der Waals surface area contributed by atoms with Crippen molar-refractivity contribution in [2.45, 2.75) is 34.1 Å². The molecule has 4 heteroatoms. The second kappa shape index (κ2) is 6.66. The molecule has 0 aliphatic heterocycles. The van der Waals surface area contributed by atoms with Gasteiger partial charge in [-0.05, 0) is 30.9 Å². The van der Waals surface area contributed by atoms with Gasteiger partial charge in [0.05, 0.1) is 5.92 Å². The van der Waals surface area contributed by atoms with Crippen LogP contribution < -0.4 is 10.6 Å². The molecule has 1 rings (SSSR count). The van der Waals surface area contributed by atoms with Gasteiger partial charge in [0.2, 0.25) is 5.91 Å². The van der Waals surface area contributed by atoms with Crippen molar-refractivity contribution in [3.63, 3.8) is 0 Å². The molecule has 1 aromatic rings. The van der Waals surface area contributed by atoms with E-state index in [0.717, 1.165) is 12.1 Å². The van der Waals surface area contributed by atoms with Crippen LogP contribution in [0.2, 0.25) is 0 Å². The number of rotatable bonds is 5. The van der Waals surface area contributed by atoms with Crippen LogP contribution in [0.4, 0.5) is 5.69 Å². The molecule has 106 valence electrons. The standard InChI is InChI=1S/C15H25N3O/c1-5-18(13-6-8-17-9-7-13)14(19)12(11-16)10-15(2,3)4/h6-9,12H,5,10-11,16H2,1-4H3. The summed E-state index contributed by atoms with van der Waals surface area (Å²) in [6.07, 6.45) is 4.20. The number of pyridine rings is 1. The molecule has 0 saturated carbocycles. The first kappa shape index (κ1) is 15.6. The van der Waals surface area contributed by atoms with Crippen LogP contribution in [0, 0.1) is 11.3 Å². The summed E-state index contributed by atoms with van der Waals surface area (Å²) in [5.41, 5.74) is 6.77. The fourth-order valence-corrected chi connectivity index (χ4v) is 2.22. The van der Waals surface area contributed by atoms with Gasteiger partial charge in [-0.3, -0.25) is 9.78 Å². The minimum atomic E-state index is -0.131. The summed E-state index contributed by atoms with van der Waals surface area (Å²) >= 11 is 0. The van der Waals surface area contributed by atoms with Crippen molar-refractivity contribution in [3.8, 4) is 0 Å². The van der Waals surface area contributed by atoms with Crippen LogP contribution in [0.5, 0.6) is 0 Å². The van der Waals surface area contributed by atoms with Gasteiger partial charge in [-0.2, -0.15) is 0 Å². The van der Waals surface area contributed by atoms with Crippen LogP contribution in [0.15, 0.2) is 24.5 Å². The fourth-order valence-electron chi connectivity index (χ4n) is 2.22. The zero-order chi connectivity index (χ0) is 14.5. The molecule has 1 atom stereocenters. The van der Waals surface area contributed by atoms with Gasteiger partial charge in [-0.25, -0.2) is 0 Å². The lowest BCUT2D eigenvalue weighted by Gasteiger charge is -2.29. The van der Waals surface area contributed by atoms with Gasteiger partial charge in [0.25, 0.3) is 0 Å². The van der Waals surface area contributed by atoms with Crippen molar-refractivity contribution in [2.75, 3.05) is 18.0 Å². The summed E-state index contributed by atoms with van der Waals surface area (Å²) in [5.74, 6) is -0.0285. The molecule has 1 unspecified atom stereocenters. The Bertz CT molecular complexity index is 398. The first-order chi connectivity index (χ1) is 8.89. The number of hydrogen-bond acceptors (Lipinski definition) is 3. The van der Waals surface area contributed by atoms with Crippen molar-refractivity contribution in [3.05, 3.63) is 24.5 Å². The number of amides is 1. The van der Waals surface area contributed by atoms with Crippen LogP contribution >= 0.6 is 0 Å². The van der Waals surface area contributed by atoms with Gasteiger partial charge in [0.1, 0.15) is 0 Å². The predicted molar refractivity (Wildman–Crippen MR) is 78.9 cm³/mol. The summed E-state index contributed by atoms with van der Waals surface area (Å²) in [6, 6.07) is 3.71. The maximum Gasteiger partial charge on any atom is 0.231 e. The van der Waals surface area contributed by atoms with E-state index in [2.05, 4.69) is 25.8 Å². The Hall–Kier alpha value is -1.42. The van der Waals surface area contributed by atoms with Gasteiger partial charge < -0.3 is 10.6 Å². The van der Waals surface area contributed by atoms with Crippen LogP contribution in [0.1, 0.15) is 34.1 Å². The molecule has 0 radical (unpaired) electrons. The molecule has 0 saturated heterocycles. The van der Waals surface area contributed by atoms with Gasteiger partial charge in [-0.1, -0.05) is 20.8 Å². The Morgan fingerprint density at radius 3 is 2.37 bits per heavy atom. The molecular weight excluding hydrogens is 238 g/mol. The smallest absolute Gasteiger partial charge is 0.231 e. The fraction of sp³-hybridized carbons (Fsp3) is 0.600. The van der Waals surface area contributed by atoms with Crippen LogP contribution in [0.3, 0.4) is 0 Å². The van der Waals surface area contributed by atoms with Crippen LogP contribution in [-0.2, 0) is 4.79 Å². The molecule has 0 aliphatic rings. The summed E-state index contributed by atoms with van der Waals surface area (Å²) < 4.78 is 0. The van der Waals surface area contributed by atoms with E-state index in [-0.39, 0.29) is 17.2 Å². The molecule has 0 aromatic carbocycles. The number of aromatic nitrogens is 1. The lowest BCUT2D eigenvalue weighted by atomic mass is 9.84. The number of nitrogens with two attached hydrogens (primary N) is 1. The number of hydrogen-bond donors (Lipinski definition) is 1. The summed E-state index contributed by atoms with van der Waals surface area (Å²) in [4.78, 5) is 18.4. The van der Waals surface area contributed by atoms with Crippen molar-refractivity contribution in [1.82, 2.24) is 4.98 Å². The van der Waals surface area contributed by atoms with Crippen molar-refractivity contribution in [2.24, 2.45) is 17.1 Å². The molecule has 19 heavy (non-hydrogen) atoms. The van der Waals surface area contributed by atoms with E-state index in [1.54, 1.807) is 17.3 Å². The second-order valence-electron chi connectivity index (χ2n) is 5.99. The van der Waals surface area contributed by atoms with Crippen molar-refractivity contribution < 1.29 is 4.79 Å². The summed E-state index contributed by atoms with van der Waals surface area (Å²) in [5, 5.41) is 0. The average molecular weight is 263 g/mol. The Balaban J connectivity index is 2.88. The largest absolute Gasteiger partial charge is 0.330 e. The molecule has 1 amide bonds. The van der Waals surface area contributed by atoms with E-state index in [1.165, 1.54) is 0 Å². The third-order valence-electron chi connectivity index (χ3n) is 3.05. The molecule has 0 fully saturated rings. The molecule has 1 heterocycles. The zero-order valence-corrected chi connectivity index (χ0v) is 12.4. The zero-order valence-electron chi connectivity index (χ0n) is 12.4. The number of nitrogens with zero attached hydrogens (tertiary/aromatic N) is 2. The van der Waals surface area contributed by atoms with E-state index < -0.39 is 0 Å². The third-order valence-corrected chi connectivity index (χ3v) is 3.05. The van der Waals surface area contributed by atoms with Gasteiger partial charge >= 0.3 is 0 Å². The van der Waals surface area contributed by atoms with E-state index >= 15 is 0 Å². The maximum atomic E-state index is 12.6. The lowest BCUT2D eigenvalue weighted by Crippen LogP contribution is -2.40. The highest BCUT2D eigenvalue weighted by atomic mass is 16.2. The predicted octanol–water partition coefficient (Wildman–Crippen LogP) is 2.45. The van der Waals surface area contributed by atoms with Crippen LogP contribution in [0.25, 0.3) is 0 Å². The highest BCUT2D eigenvalue weighted by Crippen LogP contribution is 2.26. The molecule has 1 aromatic heterocycles. The van der Waals surface area contributed by atoms with E-state index in [9.17, 15) is 4.79 Å². The highest BCUT2D eigenvalue weighted by molar-refractivity contribution is 5.95. The van der Waals surface area contributed by atoms with Crippen molar-refractivity contribution in [1.29, 1.82) is 0 Å². The van der Waals surface area contributed by atoms with Gasteiger partial charge in [0, 0.05) is 31.2 Å². The Morgan fingerprint density at radius 1 is 1.37 bits per heavy atom. The number of carbonyl (C=O) groups excluding carboxylic acids is 1. The van der Waals surface area contributed by atoms with E-state index in [4.69, 9.17) is 5.73 Å². The highest BCUT2D eigenvalue weighted by Gasteiger charge is 2.27. The van der Waals surface area contributed by atoms with Gasteiger partial charge in [-0.15, -0.1) is 0 Å². The second-order valence-corrected chi connectivity index (χ2v) is 5.99. The Labute approximate surface area is 116 Å². The normalized spacial score (nSPS) is 13.1. The molecule has 0 bridgehead atoms. The molecule has 2 N–H and O–H groups in total. The first-order valence-corrected chi connectivity index (χ1v) is 6.80.